The van der Waals surface area contributed by atoms with Crippen LogP contribution in [0.5, 0.6) is 5.75 Å². The van der Waals surface area contributed by atoms with Gasteiger partial charge in [-0.1, -0.05) is 29.3 Å². The number of amides is 2. The molecule has 6 heterocycles. The highest BCUT2D eigenvalue weighted by Gasteiger charge is 2.38. The fourth-order valence-electron chi connectivity index (χ4n) is 9.47. The molecular weight excluding hydrogens is 823 g/mol. The molecule has 15 heteroatoms. The topological polar surface area (TPSA) is 111 Å². The number of ether oxygens (including phenoxy) is 1. The lowest BCUT2D eigenvalue weighted by atomic mass is 9.98. The minimum absolute atomic E-state index is 0.0503. The van der Waals surface area contributed by atoms with Gasteiger partial charge in [0.05, 0.1) is 34.0 Å². The van der Waals surface area contributed by atoms with Crippen LogP contribution < -0.4 is 9.64 Å². The summed E-state index contributed by atoms with van der Waals surface area (Å²) in [4.78, 5) is 40.1. The van der Waals surface area contributed by atoms with Gasteiger partial charge in [-0.05, 0) is 108 Å². The fourth-order valence-corrected chi connectivity index (χ4v) is 9.83. The fraction of sp³-hybridized carbons (Fsp3) is 0.383. The van der Waals surface area contributed by atoms with Gasteiger partial charge in [-0.2, -0.15) is 10.2 Å². The summed E-state index contributed by atoms with van der Waals surface area (Å²) in [6.07, 6.45) is 4.89. The SMILES string of the molecule is Cc1cc(OCCCc2c3n(c4c(-c5c(C)nn(C)c5C)c(Cl)ccc24)C(C)CN(c2cn(CC(=O)N4CCN(C)CC4)c4ccc(-c5ncn(C)n5)cc24)C3=O)cc(C)c1Cl. The van der Waals surface area contributed by atoms with E-state index in [1.54, 1.807) is 11.0 Å². The van der Waals surface area contributed by atoms with Crippen molar-refractivity contribution in [2.75, 3.05) is 51.3 Å². The first-order chi connectivity index (χ1) is 29.7. The first-order valence-electron chi connectivity index (χ1n) is 21.2. The van der Waals surface area contributed by atoms with Gasteiger partial charge >= 0.3 is 0 Å². The van der Waals surface area contributed by atoms with Crippen molar-refractivity contribution in [3.05, 3.63) is 98.8 Å². The van der Waals surface area contributed by atoms with Crippen molar-refractivity contribution in [1.82, 2.24) is 43.5 Å². The molecule has 0 radical (unpaired) electrons. The van der Waals surface area contributed by atoms with Gasteiger partial charge in [-0.15, -0.1) is 0 Å². The van der Waals surface area contributed by atoms with Crippen molar-refractivity contribution in [1.29, 1.82) is 0 Å². The summed E-state index contributed by atoms with van der Waals surface area (Å²) in [5, 5.41) is 12.5. The Morgan fingerprint density at radius 1 is 0.903 bits per heavy atom. The zero-order valence-electron chi connectivity index (χ0n) is 36.6. The molecule has 3 aromatic carbocycles. The van der Waals surface area contributed by atoms with Crippen molar-refractivity contribution in [2.45, 2.75) is 60.0 Å². The number of anilines is 1. The second-order valence-electron chi connectivity index (χ2n) is 17.1. The van der Waals surface area contributed by atoms with Crippen LogP contribution in [0, 0.1) is 27.7 Å². The van der Waals surface area contributed by atoms with Crippen molar-refractivity contribution in [2.24, 2.45) is 14.1 Å². The van der Waals surface area contributed by atoms with Crippen LogP contribution in [0.25, 0.3) is 44.3 Å². The quantitative estimate of drug-likeness (QED) is 0.127. The third-order valence-electron chi connectivity index (χ3n) is 12.7. The molecular formula is C47H52Cl2N10O3. The third kappa shape index (κ3) is 7.23. The maximum absolute atomic E-state index is 15.6. The van der Waals surface area contributed by atoms with Crippen LogP contribution in [0.2, 0.25) is 10.0 Å². The van der Waals surface area contributed by atoms with E-state index >= 15 is 4.79 Å². The van der Waals surface area contributed by atoms with E-state index in [4.69, 9.17) is 33.0 Å². The minimum Gasteiger partial charge on any atom is -0.494 e. The van der Waals surface area contributed by atoms with Gasteiger partial charge in [0.15, 0.2) is 5.82 Å². The molecule has 2 aliphatic heterocycles. The number of hydrogen-bond acceptors (Lipinski definition) is 7. The lowest BCUT2D eigenvalue weighted by molar-refractivity contribution is -0.133. The van der Waals surface area contributed by atoms with Crippen LogP contribution in [-0.4, -0.2) is 102 Å². The van der Waals surface area contributed by atoms with Gasteiger partial charge in [0.2, 0.25) is 5.91 Å². The second kappa shape index (κ2) is 16.2. The summed E-state index contributed by atoms with van der Waals surface area (Å²) in [5.41, 5.74) is 10.5. The Hall–Kier alpha value is -5.63. The van der Waals surface area contributed by atoms with Gasteiger partial charge in [-0.3, -0.25) is 19.0 Å². The van der Waals surface area contributed by atoms with E-state index in [-0.39, 0.29) is 24.4 Å². The average Bonchev–Trinajstić information content (AvgIpc) is 3.99. The second-order valence-corrected chi connectivity index (χ2v) is 17.9. The highest BCUT2D eigenvalue weighted by molar-refractivity contribution is 6.35. The number of nitrogens with zero attached hydrogens (tertiary/aromatic N) is 10. The number of piperazine rings is 1. The first kappa shape index (κ1) is 41.7. The van der Waals surface area contributed by atoms with Gasteiger partial charge in [0, 0.05) is 97.2 Å². The van der Waals surface area contributed by atoms with Gasteiger partial charge in [0.1, 0.15) is 24.3 Å². The summed E-state index contributed by atoms with van der Waals surface area (Å²) in [7, 11) is 5.86. The van der Waals surface area contributed by atoms with Gasteiger partial charge in [0.25, 0.3) is 5.91 Å². The Bertz CT molecular complexity index is 2890. The summed E-state index contributed by atoms with van der Waals surface area (Å²) in [5.74, 6) is 1.28. The maximum Gasteiger partial charge on any atom is 0.275 e. The number of rotatable bonds is 10. The lowest BCUT2D eigenvalue weighted by Crippen LogP contribution is -2.48. The Balaban J connectivity index is 1.17. The van der Waals surface area contributed by atoms with E-state index in [2.05, 4.69) is 46.5 Å². The number of carbonyl (C=O) groups excluding carboxylic acids is 2. The van der Waals surface area contributed by atoms with E-state index < -0.39 is 0 Å². The lowest BCUT2D eigenvalue weighted by Gasteiger charge is -2.34. The Labute approximate surface area is 371 Å². The predicted octanol–water partition coefficient (Wildman–Crippen LogP) is 8.34. The molecule has 322 valence electrons. The van der Waals surface area contributed by atoms with Crippen LogP contribution in [0.1, 0.15) is 58.0 Å². The number of aromatic nitrogens is 7. The number of likely N-dealkylation sites (N-methyl/N-ethyl adjacent to an activating group) is 1. The molecule has 0 spiro atoms. The first-order valence-corrected chi connectivity index (χ1v) is 22.0. The molecule has 1 unspecified atom stereocenters. The number of halogens is 2. The monoisotopic (exact) mass is 874 g/mol. The standard InChI is InChI=1S/C47H52Cl2N10O3/c1-27-20-33(21-28(2)43(27)49)62-19-9-10-34-35-12-13-37(48)42(41-30(4)51-55(8)31(41)5)44(35)59-29(3)23-58(47(61)45(34)59)39-24-57(25-40(60)56-17-15-53(6)16-18-56)38-14-11-32(22-36(38)39)46-50-26-54(7)52-46/h11-14,20-22,24,26,29H,9-10,15-19,23,25H2,1-8H3. The molecule has 1 saturated heterocycles. The van der Waals surface area contributed by atoms with Crippen molar-refractivity contribution in [3.8, 4) is 28.3 Å². The van der Waals surface area contributed by atoms with Crippen LogP contribution in [0.3, 0.4) is 0 Å². The number of benzene rings is 3. The summed E-state index contributed by atoms with van der Waals surface area (Å²) >= 11 is 13.7. The van der Waals surface area contributed by atoms with Crippen molar-refractivity contribution >= 4 is 62.5 Å². The molecule has 1 atom stereocenters. The summed E-state index contributed by atoms with van der Waals surface area (Å²) in [6.45, 7) is 14.2. The largest absolute Gasteiger partial charge is 0.494 e. The number of carbonyl (C=O) groups is 2. The molecule has 0 N–H and O–H groups in total. The van der Waals surface area contributed by atoms with Crippen LogP contribution in [0.15, 0.2) is 55.0 Å². The smallest absolute Gasteiger partial charge is 0.275 e. The summed E-state index contributed by atoms with van der Waals surface area (Å²) in [6, 6.07) is 13.8. The van der Waals surface area contributed by atoms with E-state index in [1.165, 1.54) is 0 Å². The van der Waals surface area contributed by atoms with Gasteiger partial charge in [-0.25, -0.2) is 4.98 Å². The summed E-state index contributed by atoms with van der Waals surface area (Å²) < 4.78 is 14.1. The Morgan fingerprint density at radius 3 is 2.32 bits per heavy atom. The zero-order chi connectivity index (χ0) is 43.7. The normalized spacial score (nSPS) is 16.0. The van der Waals surface area contributed by atoms with E-state index in [9.17, 15) is 4.79 Å². The third-order valence-corrected chi connectivity index (χ3v) is 13.6. The highest BCUT2D eigenvalue weighted by atomic mass is 35.5. The Kier molecular flexibility index (Phi) is 10.9. The average molecular weight is 876 g/mol. The molecule has 1 fully saturated rings. The molecule has 2 amide bonds. The van der Waals surface area contributed by atoms with E-state index in [1.807, 2.05) is 96.5 Å². The molecule has 0 aliphatic carbocycles. The Morgan fingerprint density at radius 2 is 1.65 bits per heavy atom. The molecule has 9 rings (SSSR count). The zero-order valence-corrected chi connectivity index (χ0v) is 38.1. The minimum atomic E-state index is -0.157. The molecule has 62 heavy (non-hydrogen) atoms. The number of aryl methyl sites for hydroxylation is 6. The van der Waals surface area contributed by atoms with Crippen molar-refractivity contribution in [3.63, 3.8) is 0 Å². The number of hydrogen-bond donors (Lipinski definition) is 0. The highest BCUT2D eigenvalue weighted by Crippen LogP contribution is 2.46. The molecule has 4 aromatic heterocycles. The van der Waals surface area contributed by atoms with Gasteiger partial charge < -0.3 is 28.6 Å². The molecule has 2 aliphatic rings. The molecule has 0 saturated carbocycles. The van der Waals surface area contributed by atoms with Crippen LogP contribution >= 0.6 is 23.2 Å². The molecule has 0 bridgehead atoms. The molecule has 13 nitrogen and oxygen atoms in total. The van der Waals surface area contributed by atoms with Crippen LogP contribution in [0.4, 0.5) is 5.69 Å². The van der Waals surface area contributed by atoms with E-state index in [0.717, 1.165) is 96.1 Å². The predicted molar refractivity (Wildman–Crippen MR) is 246 cm³/mol. The van der Waals surface area contributed by atoms with E-state index in [0.29, 0.717) is 55.6 Å². The molecule has 7 aromatic rings. The number of fused-ring (bicyclic) bond motifs is 4. The maximum atomic E-state index is 15.6. The van der Waals surface area contributed by atoms with Crippen molar-refractivity contribution < 1.29 is 14.3 Å². The van der Waals surface area contributed by atoms with Crippen LogP contribution in [-0.2, 0) is 31.9 Å².